The molecule has 16 heavy (non-hydrogen) atoms. The number of hydrogen-bond acceptors (Lipinski definition) is 3. The van der Waals surface area contributed by atoms with E-state index in [9.17, 15) is 0 Å². The number of hydrogen-bond donors (Lipinski definition) is 1. The Labute approximate surface area is 102 Å². The Kier molecular flexibility index (Phi) is 3.24. The van der Waals surface area contributed by atoms with E-state index >= 15 is 0 Å². The molecule has 0 atom stereocenters. The van der Waals surface area contributed by atoms with Crippen molar-refractivity contribution in [2.75, 3.05) is 17.2 Å². The Bertz CT molecular complexity index is 354. The minimum Gasteiger partial charge on any atom is -0.399 e. The lowest BCUT2D eigenvalue weighted by Gasteiger charge is -2.28. The fourth-order valence-electron chi connectivity index (χ4n) is 1.80. The van der Waals surface area contributed by atoms with Crippen molar-refractivity contribution in [1.29, 1.82) is 0 Å². The van der Waals surface area contributed by atoms with Crippen LogP contribution in [0.1, 0.15) is 26.7 Å². The van der Waals surface area contributed by atoms with Crippen LogP contribution in [-0.2, 0) is 0 Å². The van der Waals surface area contributed by atoms with Crippen molar-refractivity contribution in [3.05, 3.63) is 17.3 Å². The normalized spacial score (nSPS) is 15.5. The van der Waals surface area contributed by atoms with Crippen LogP contribution in [0.15, 0.2) is 12.1 Å². The number of anilines is 2. The number of pyridine rings is 1. The summed E-state index contributed by atoms with van der Waals surface area (Å²) in [5.41, 5.74) is 6.47. The van der Waals surface area contributed by atoms with E-state index in [0.29, 0.717) is 16.9 Å². The molecule has 4 heteroatoms. The summed E-state index contributed by atoms with van der Waals surface area (Å²) in [5, 5.41) is 0.469. The first kappa shape index (κ1) is 11.5. The van der Waals surface area contributed by atoms with Crippen molar-refractivity contribution in [3.8, 4) is 0 Å². The summed E-state index contributed by atoms with van der Waals surface area (Å²) in [4.78, 5) is 6.63. The first-order chi connectivity index (χ1) is 7.56. The first-order valence-electron chi connectivity index (χ1n) is 5.76. The molecule has 1 aliphatic rings. The molecule has 0 spiro atoms. The Balaban J connectivity index is 2.22. The molecule has 88 valence electrons. The number of rotatable bonds is 4. The lowest BCUT2D eigenvalue weighted by atomic mass is 10.2. The molecule has 1 aromatic rings. The summed E-state index contributed by atoms with van der Waals surface area (Å²) >= 11 is 5.93. The van der Waals surface area contributed by atoms with Crippen molar-refractivity contribution in [1.82, 2.24) is 4.98 Å². The van der Waals surface area contributed by atoms with Crippen LogP contribution in [0.3, 0.4) is 0 Å². The van der Waals surface area contributed by atoms with Gasteiger partial charge in [-0.05, 0) is 38.7 Å². The Morgan fingerprint density at radius 3 is 2.69 bits per heavy atom. The highest BCUT2D eigenvalue weighted by molar-refractivity contribution is 6.29. The van der Waals surface area contributed by atoms with Crippen LogP contribution in [0.2, 0.25) is 5.15 Å². The van der Waals surface area contributed by atoms with Gasteiger partial charge >= 0.3 is 0 Å². The van der Waals surface area contributed by atoms with E-state index in [1.807, 2.05) is 6.07 Å². The fourth-order valence-corrected chi connectivity index (χ4v) is 2.01. The van der Waals surface area contributed by atoms with Crippen LogP contribution >= 0.6 is 11.6 Å². The summed E-state index contributed by atoms with van der Waals surface area (Å²) in [7, 11) is 0. The van der Waals surface area contributed by atoms with E-state index in [1.165, 1.54) is 12.8 Å². The second kappa shape index (κ2) is 4.50. The van der Waals surface area contributed by atoms with Gasteiger partial charge in [0.1, 0.15) is 11.0 Å². The molecule has 0 radical (unpaired) electrons. The molecule has 1 saturated carbocycles. The zero-order chi connectivity index (χ0) is 11.7. The van der Waals surface area contributed by atoms with Gasteiger partial charge in [-0.15, -0.1) is 0 Å². The van der Waals surface area contributed by atoms with Crippen LogP contribution in [0.4, 0.5) is 11.5 Å². The van der Waals surface area contributed by atoms with E-state index in [0.717, 1.165) is 18.3 Å². The second-order valence-corrected chi connectivity index (χ2v) is 5.16. The molecule has 0 amide bonds. The molecule has 2 rings (SSSR count). The lowest BCUT2D eigenvalue weighted by Crippen LogP contribution is -2.33. The van der Waals surface area contributed by atoms with Crippen molar-refractivity contribution in [2.45, 2.75) is 32.7 Å². The first-order valence-corrected chi connectivity index (χ1v) is 6.14. The summed E-state index contributed by atoms with van der Waals surface area (Å²) < 4.78 is 0. The molecule has 0 unspecified atom stereocenters. The Morgan fingerprint density at radius 2 is 2.19 bits per heavy atom. The van der Waals surface area contributed by atoms with E-state index in [1.54, 1.807) is 6.07 Å². The third kappa shape index (κ3) is 2.79. The zero-order valence-corrected chi connectivity index (χ0v) is 10.5. The molecular weight excluding hydrogens is 222 g/mol. The molecule has 1 fully saturated rings. The molecule has 0 aliphatic heterocycles. The molecule has 1 aliphatic carbocycles. The largest absolute Gasteiger partial charge is 0.399 e. The highest BCUT2D eigenvalue weighted by atomic mass is 35.5. The highest BCUT2D eigenvalue weighted by Gasteiger charge is 2.26. The van der Waals surface area contributed by atoms with Crippen LogP contribution in [-0.4, -0.2) is 17.6 Å². The molecule has 1 heterocycles. The number of nitrogens with two attached hydrogens (primary N) is 1. The Morgan fingerprint density at radius 1 is 1.50 bits per heavy atom. The molecular formula is C12H18ClN3. The minimum atomic E-state index is 0.422. The third-order valence-electron chi connectivity index (χ3n) is 2.87. The molecule has 2 N–H and O–H groups in total. The van der Waals surface area contributed by atoms with Crippen LogP contribution in [0.25, 0.3) is 0 Å². The van der Waals surface area contributed by atoms with Gasteiger partial charge in [0.05, 0.1) is 0 Å². The maximum Gasteiger partial charge on any atom is 0.133 e. The topological polar surface area (TPSA) is 42.1 Å². The van der Waals surface area contributed by atoms with Crippen LogP contribution < -0.4 is 10.6 Å². The Hall–Kier alpha value is -0.960. The van der Waals surface area contributed by atoms with Gasteiger partial charge < -0.3 is 10.6 Å². The number of halogens is 1. The van der Waals surface area contributed by atoms with E-state index in [4.69, 9.17) is 17.3 Å². The van der Waals surface area contributed by atoms with Crippen molar-refractivity contribution in [2.24, 2.45) is 5.92 Å². The standard InChI is InChI=1S/C12H18ClN3/c1-8(2)16(7-9-3-4-9)12-6-10(14)5-11(13)15-12/h5-6,8-9H,3-4,7H2,1-2H3,(H2,14,15). The van der Waals surface area contributed by atoms with Gasteiger partial charge in [0.25, 0.3) is 0 Å². The summed E-state index contributed by atoms with van der Waals surface area (Å²) in [5.74, 6) is 1.72. The minimum absolute atomic E-state index is 0.422. The van der Waals surface area contributed by atoms with Crippen molar-refractivity contribution >= 4 is 23.1 Å². The third-order valence-corrected chi connectivity index (χ3v) is 3.07. The summed E-state index contributed by atoms with van der Waals surface area (Å²) in [6.07, 6.45) is 2.67. The van der Waals surface area contributed by atoms with Crippen molar-refractivity contribution in [3.63, 3.8) is 0 Å². The fraction of sp³-hybridized carbons (Fsp3) is 0.583. The molecule has 3 nitrogen and oxygen atoms in total. The smallest absolute Gasteiger partial charge is 0.133 e. The van der Waals surface area contributed by atoms with E-state index in [2.05, 4.69) is 23.7 Å². The average molecular weight is 240 g/mol. The maximum absolute atomic E-state index is 5.93. The van der Waals surface area contributed by atoms with E-state index < -0.39 is 0 Å². The van der Waals surface area contributed by atoms with Gasteiger partial charge in [-0.1, -0.05) is 11.6 Å². The van der Waals surface area contributed by atoms with Gasteiger partial charge in [-0.3, -0.25) is 0 Å². The number of aromatic nitrogens is 1. The van der Waals surface area contributed by atoms with Crippen LogP contribution in [0, 0.1) is 5.92 Å². The van der Waals surface area contributed by atoms with E-state index in [-0.39, 0.29) is 0 Å². The molecule has 0 aromatic carbocycles. The number of nitrogens with zero attached hydrogens (tertiary/aromatic N) is 2. The monoisotopic (exact) mass is 239 g/mol. The van der Waals surface area contributed by atoms with Crippen molar-refractivity contribution < 1.29 is 0 Å². The second-order valence-electron chi connectivity index (χ2n) is 4.77. The van der Waals surface area contributed by atoms with Gasteiger partial charge in [0.2, 0.25) is 0 Å². The van der Waals surface area contributed by atoms with Gasteiger partial charge in [0, 0.05) is 24.3 Å². The van der Waals surface area contributed by atoms with Gasteiger partial charge in [-0.25, -0.2) is 4.98 Å². The maximum atomic E-state index is 5.93. The predicted molar refractivity (Wildman–Crippen MR) is 68.9 cm³/mol. The van der Waals surface area contributed by atoms with Gasteiger partial charge in [0.15, 0.2) is 0 Å². The van der Waals surface area contributed by atoms with Crippen LogP contribution in [0.5, 0.6) is 0 Å². The summed E-state index contributed by atoms with van der Waals surface area (Å²) in [6, 6.07) is 4.00. The highest BCUT2D eigenvalue weighted by Crippen LogP contribution is 2.32. The summed E-state index contributed by atoms with van der Waals surface area (Å²) in [6.45, 7) is 5.40. The number of nitrogen functional groups attached to an aromatic ring is 1. The molecule has 1 aromatic heterocycles. The molecule has 0 saturated heterocycles. The quantitative estimate of drug-likeness (QED) is 0.822. The average Bonchev–Trinajstić information content (AvgIpc) is 2.95. The predicted octanol–water partition coefficient (Wildman–Crippen LogP) is 2.94. The SMILES string of the molecule is CC(C)N(CC1CC1)c1cc(N)cc(Cl)n1. The lowest BCUT2D eigenvalue weighted by molar-refractivity contribution is 0.637. The van der Waals surface area contributed by atoms with Gasteiger partial charge in [-0.2, -0.15) is 0 Å². The zero-order valence-electron chi connectivity index (χ0n) is 9.78. The molecule has 0 bridgehead atoms.